The summed E-state index contributed by atoms with van der Waals surface area (Å²) in [4.78, 5) is 16.6. The molecule has 0 saturated heterocycles. The van der Waals surface area contributed by atoms with Crippen LogP contribution >= 0.6 is 0 Å². The van der Waals surface area contributed by atoms with Crippen molar-refractivity contribution in [1.82, 2.24) is 9.55 Å². The highest BCUT2D eigenvalue weighted by Gasteiger charge is 2.10. The van der Waals surface area contributed by atoms with Crippen LogP contribution in [0, 0.1) is 13.8 Å². The maximum absolute atomic E-state index is 12.3. The predicted molar refractivity (Wildman–Crippen MR) is 95.2 cm³/mol. The largest absolute Gasteiger partial charge is 0.437 e. The molecule has 2 aromatic carbocycles. The van der Waals surface area contributed by atoms with Crippen molar-refractivity contribution in [2.75, 3.05) is 5.32 Å². The number of anilines is 2. The third kappa shape index (κ3) is 3.46. The van der Waals surface area contributed by atoms with Crippen molar-refractivity contribution in [3.63, 3.8) is 0 Å². The zero-order chi connectivity index (χ0) is 17.1. The van der Waals surface area contributed by atoms with Crippen LogP contribution in [0.1, 0.15) is 11.1 Å². The van der Waals surface area contributed by atoms with Gasteiger partial charge in [-0.25, -0.2) is 0 Å². The lowest BCUT2D eigenvalue weighted by molar-refractivity contribution is 0.452. The van der Waals surface area contributed by atoms with E-state index in [4.69, 9.17) is 4.74 Å². The van der Waals surface area contributed by atoms with E-state index < -0.39 is 0 Å². The van der Waals surface area contributed by atoms with Crippen molar-refractivity contribution in [3.05, 3.63) is 76.2 Å². The third-order valence-corrected chi connectivity index (χ3v) is 3.63. The minimum absolute atomic E-state index is 0.216. The second-order valence-corrected chi connectivity index (χ2v) is 5.71. The Hall–Kier alpha value is -3.08. The van der Waals surface area contributed by atoms with Gasteiger partial charge in [0.05, 0.1) is 6.20 Å². The van der Waals surface area contributed by atoms with Gasteiger partial charge in [0.25, 0.3) is 5.56 Å². The molecule has 0 saturated carbocycles. The summed E-state index contributed by atoms with van der Waals surface area (Å²) in [6, 6.07) is 15.4. The highest BCUT2D eigenvalue weighted by atomic mass is 16.5. The van der Waals surface area contributed by atoms with Gasteiger partial charge in [-0.15, -0.1) is 0 Å². The van der Waals surface area contributed by atoms with Gasteiger partial charge in [-0.05, 0) is 37.6 Å². The Labute approximate surface area is 140 Å². The number of hydrogen-bond donors (Lipinski definition) is 1. The van der Waals surface area contributed by atoms with E-state index >= 15 is 0 Å². The lowest BCUT2D eigenvalue weighted by Crippen LogP contribution is -2.21. The molecule has 3 aromatic rings. The standard InChI is InChI=1S/C19H19N3O2/c1-13-9-10-16(14(2)11-13)24-17-12-22(3)19(23)18(21-17)20-15-7-5-4-6-8-15/h4-12H,1-3H3,(H,20,21). The van der Waals surface area contributed by atoms with Gasteiger partial charge in [-0.3, -0.25) is 4.79 Å². The number of ether oxygens (including phenoxy) is 1. The third-order valence-electron chi connectivity index (χ3n) is 3.63. The molecular weight excluding hydrogens is 302 g/mol. The number of rotatable bonds is 4. The number of aromatic nitrogens is 2. The van der Waals surface area contributed by atoms with Gasteiger partial charge in [-0.1, -0.05) is 35.9 Å². The van der Waals surface area contributed by atoms with E-state index in [0.29, 0.717) is 5.88 Å². The Morgan fingerprint density at radius 1 is 1.08 bits per heavy atom. The number of hydrogen-bond acceptors (Lipinski definition) is 4. The normalized spacial score (nSPS) is 10.5. The number of para-hydroxylation sites is 1. The van der Waals surface area contributed by atoms with Crippen molar-refractivity contribution in [3.8, 4) is 11.6 Å². The van der Waals surface area contributed by atoms with Crippen LogP contribution in [0.4, 0.5) is 11.5 Å². The molecule has 0 aliphatic heterocycles. The van der Waals surface area contributed by atoms with Crippen LogP contribution in [-0.2, 0) is 7.05 Å². The Balaban J connectivity index is 1.93. The van der Waals surface area contributed by atoms with Crippen LogP contribution < -0.4 is 15.6 Å². The van der Waals surface area contributed by atoms with Gasteiger partial charge in [0, 0.05) is 12.7 Å². The number of benzene rings is 2. The SMILES string of the molecule is Cc1ccc(Oc2cn(C)c(=O)c(Nc3ccccc3)n2)c(C)c1. The van der Waals surface area contributed by atoms with E-state index in [1.165, 1.54) is 10.1 Å². The fraction of sp³-hybridized carbons (Fsp3) is 0.158. The van der Waals surface area contributed by atoms with E-state index in [1.54, 1.807) is 13.2 Å². The topological polar surface area (TPSA) is 56.1 Å². The molecule has 0 aliphatic rings. The second-order valence-electron chi connectivity index (χ2n) is 5.71. The van der Waals surface area contributed by atoms with Crippen molar-refractivity contribution in [1.29, 1.82) is 0 Å². The predicted octanol–water partition coefficient (Wildman–Crippen LogP) is 3.93. The molecule has 1 N–H and O–H groups in total. The Morgan fingerprint density at radius 3 is 2.54 bits per heavy atom. The monoisotopic (exact) mass is 321 g/mol. The highest BCUT2D eigenvalue weighted by molar-refractivity contribution is 5.55. The van der Waals surface area contributed by atoms with Crippen molar-refractivity contribution >= 4 is 11.5 Å². The summed E-state index contributed by atoms with van der Waals surface area (Å²) in [6.45, 7) is 4.01. The van der Waals surface area contributed by atoms with Gasteiger partial charge >= 0.3 is 0 Å². The molecule has 122 valence electrons. The van der Waals surface area contributed by atoms with Crippen molar-refractivity contribution in [2.45, 2.75) is 13.8 Å². The van der Waals surface area contributed by atoms with E-state index in [-0.39, 0.29) is 11.4 Å². The van der Waals surface area contributed by atoms with Crippen LogP contribution in [0.2, 0.25) is 0 Å². The highest BCUT2D eigenvalue weighted by Crippen LogP contribution is 2.24. The first-order valence-electron chi connectivity index (χ1n) is 7.68. The molecule has 0 bridgehead atoms. The molecule has 5 nitrogen and oxygen atoms in total. The summed E-state index contributed by atoms with van der Waals surface area (Å²) >= 11 is 0. The second kappa shape index (κ2) is 6.58. The first-order chi connectivity index (χ1) is 11.5. The van der Waals surface area contributed by atoms with Crippen LogP contribution in [0.15, 0.2) is 59.5 Å². The summed E-state index contributed by atoms with van der Waals surface area (Å²) in [5.74, 6) is 1.31. The molecule has 1 aromatic heterocycles. The lowest BCUT2D eigenvalue weighted by Gasteiger charge is -2.12. The summed E-state index contributed by atoms with van der Waals surface area (Å²) in [5, 5.41) is 3.04. The van der Waals surface area contributed by atoms with Crippen molar-refractivity contribution in [2.24, 2.45) is 7.05 Å². The summed E-state index contributed by atoms with van der Waals surface area (Å²) in [7, 11) is 1.68. The molecule has 0 fully saturated rings. The maximum atomic E-state index is 12.3. The average Bonchev–Trinajstić information content (AvgIpc) is 2.56. The average molecular weight is 321 g/mol. The number of aryl methyl sites for hydroxylation is 3. The fourth-order valence-corrected chi connectivity index (χ4v) is 2.39. The van der Waals surface area contributed by atoms with Crippen LogP contribution in [0.25, 0.3) is 0 Å². The number of nitrogens with zero attached hydrogens (tertiary/aromatic N) is 2. The molecule has 24 heavy (non-hydrogen) atoms. The Bertz CT molecular complexity index is 918. The molecule has 0 spiro atoms. The quantitative estimate of drug-likeness (QED) is 0.791. The molecule has 0 atom stereocenters. The van der Waals surface area contributed by atoms with E-state index in [0.717, 1.165) is 17.0 Å². The first-order valence-corrected chi connectivity index (χ1v) is 7.68. The van der Waals surface area contributed by atoms with E-state index in [9.17, 15) is 4.79 Å². The molecule has 0 unspecified atom stereocenters. The maximum Gasteiger partial charge on any atom is 0.293 e. The van der Waals surface area contributed by atoms with Crippen LogP contribution in [-0.4, -0.2) is 9.55 Å². The molecular formula is C19H19N3O2. The van der Waals surface area contributed by atoms with E-state index in [1.807, 2.05) is 62.4 Å². The Morgan fingerprint density at radius 2 is 1.83 bits per heavy atom. The minimum Gasteiger partial charge on any atom is -0.437 e. The van der Waals surface area contributed by atoms with E-state index in [2.05, 4.69) is 10.3 Å². The van der Waals surface area contributed by atoms with Crippen molar-refractivity contribution < 1.29 is 4.74 Å². The molecule has 0 radical (unpaired) electrons. The molecule has 0 amide bonds. The zero-order valence-corrected chi connectivity index (χ0v) is 13.9. The molecule has 1 heterocycles. The summed E-state index contributed by atoms with van der Waals surface area (Å²) in [6.07, 6.45) is 1.58. The first kappa shape index (κ1) is 15.8. The molecule has 0 aliphatic carbocycles. The van der Waals surface area contributed by atoms with Gasteiger partial charge in [0.1, 0.15) is 5.75 Å². The minimum atomic E-state index is -0.216. The lowest BCUT2D eigenvalue weighted by atomic mass is 10.1. The summed E-state index contributed by atoms with van der Waals surface area (Å²) < 4.78 is 7.32. The summed E-state index contributed by atoms with van der Waals surface area (Å²) in [5.41, 5.74) is 2.76. The smallest absolute Gasteiger partial charge is 0.293 e. The van der Waals surface area contributed by atoms with Gasteiger partial charge in [-0.2, -0.15) is 4.98 Å². The van der Waals surface area contributed by atoms with Crippen LogP contribution in [0.5, 0.6) is 11.6 Å². The van der Waals surface area contributed by atoms with Gasteiger partial charge in [0.2, 0.25) is 11.7 Å². The zero-order valence-electron chi connectivity index (χ0n) is 13.9. The Kier molecular flexibility index (Phi) is 4.33. The van der Waals surface area contributed by atoms with Crippen LogP contribution in [0.3, 0.4) is 0 Å². The van der Waals surface area contributed by atoms with Gasteiger partial charge < -0.3 is 14.6 Å². The molecule has 5 heteroatoms. The number of nitrogens with one attached hydrogen (secondary N) is 1. The fourth-order valence-electron chi connectivity index (χ4n) is 2.39. The molecule has 3 rings (SSSR count). The van der Waals surface area contributed by atoms with Gasteiger partial charge in [0.15, 0.2) is 0 Å².